The van der Waals surface area contributed by atoms with Crippen molar-refractivity contribution in [2.24, 2.45) is 5.73 Å². The molecule has 1 aromatic rings. The Kier molecular flexibility index (Phi) is 4.84. The molecule has 0 heterocycles. The molecule has 0 aliphatic heterocycles. The van der Waals surface area contributed by atoms with Crippen molar-refractivity contribution in [3.8, 4) is 0 Å². The summed E-state index contributed by atoms with van der Waals surface area (Å²) < 4.78 is 0. The Balaban J connectivity index is 2.44. The zero-order chi connectivity index (χ0) is 10.2. The highest BCUT2D eigenvalue weighted by Gasteiger charge is 1.93. The van der Waals surface area contributed by atoms with Gasteiger partial charge in [0.05, 0.1) is 0 Å². The van der Waals surface area contributed by atoms with Crippen LogP contribution in [0.5, 0.6) is 0 Å². The topological polar surface area (TPSA) is 26.0 Å². The van der Waals surface area contributed by atoms with E-state index >= 15 is 0 Å². The highest BCUT2D eigenvalue weighted by Crippen LogP contribution is 2.10. The summed E-state index contributed by atoms with van der Waals surface area (Å²) in [6, 6.07) is 10.1. The Bertz CT molecular complexity index is 275. The number of rotatable bonds is 5. The largest absolute Gasteiger partial charge is 0.399 e. The Morgan fingerprint density at radius 3 is 2.57 bits per heavy atom. The zero-order valence-corrected chi connectivity index (χ0v) is 8.87. The van der Waals surface area contributed by atoms with Gasteiger partial charge in [0.1, 0.15) is 0 Å². The van der Waals surface area contributed by atoms with E-state index in [4.69, 9.17) is 5.73 Å². The van der Waals surface area contributed by atoms with Crippen LogP contribution in [0.15, 0.2) is 36.4 Å². The summed E-state index contributed by atoms with van der Waals surface area (Å²) in [6.07, 6.45) is 7.02. The first-order valence-corrected chi connectivity index (χ1v) is 5.35. The molecule has 0 aliphatic carbocycles. The maximum Gasteiger partial charge on any atom is 0.0347 e. The second kappa shape index (κ2) is 6.25. The van der Waals surface area contributed by atoms with Crippen LogP contribution in [0.2, 0.25) is 0 Å². The third kappa shape index (κ3) is 3.65. The third-order valence-electron chi connectivity index (χ3n) is 2.28. The fourth-order valence-corrected chi connectivity index (χ4v) is 1.40. The van der Waals surface area contributed by atoms with Crippen molar-refractivity contribution in [3.05, 3.63) is 42.0 Å². The van der Waals surface area contributed by atoms with E-state index in [9.17, 15) is 0 Å². The van der Waals surface area contributed by atoms with Crippen molar-refractivity contribution in [2.75, 3.05) is 0 Å². The number of benzene rings is 1. The Labute approximate surface area is 86.6 Å². The summed E-state index contributed by atoms with van der Waals surface area (Å²) in [6.45, 7) is 2.21. The summed E-state index contributed by atoms with van der Waals surface area (Å²) in [4.78, 5) is 0. The van der Waals surface area contributed by atoms with Gasteiger partial charge in [-0.3, -0.25) is 0 Å². The SMILES string of the molecule is CCCCCC=C(N)c1ccccc1. The lowest BCUT2D eigenvalue weighted by atomic mass is 10.1. The minimum Gasteiger partial charge on any atom is -0.399 e. The van der Waals surface area contributed by atoms with Crippen molar-refractivity contribution in [3.63, 3.8) is 0 Å². The lowest BCUT2D eigenvalue weighted by Gasteiger charge is -2.00. The molecule has 2 N–H and O–H groups in total. The van der Waals surface area contributed by atoms with Crippen LogP contribution in [0.4, 0.5) is 0 Å². The van der Waals surface area contributed by atoms with Crippen molar-refractivity contribution < 1.29 is 0 Å². The summed E-state index contributed by atoms with van der Waals surface area (Å²) >= 11 is 0. The van der Waals surface area contributed by atoms with Gasteiger partial charge in [-0.15, -0.1) is 0 Å². The quantitative estimate of drug-likeness (QED) is 0.704. The second-order valence-corrected chi connectivity index (χ2v) is 3.52. The van der Waals surface area contributed by atoms with Crippen LogP contribution in [0.25, 0.3) is 5.70 Å². The summed E-state index contributed by atoms with van der Waals surface area (Å²) in [7, 11) is 0. The van der Waals surface area contributed by atoms with Crippen LogP contribution in [0, 0.1) is 0 Å². The molecule has 1 rings (SSSR count). The molecule has 1 nitrogen and oxygen atoms in total. The fourth-order valence-electron chi connectivity index (χ4n) is 1.40. The van der Waals surface area contributed by atoms with Gasteiger partial charge < -0.3 is 5.73 Å². The van der Waals surface area contributed by atoms with Gasteiger partial charge in [-0.05, 0) is 18.4 Å². The molecule has 1 heteroatoms. The summed E-state index contributed by atoms with van der Waals surface area (Å²) in [5, 5.41) is 0. The Morgan fingerprint density at radius 1 is 1.21 bits per heavy atom. The van der Waals surface area contributed by atoms with E-state index in [1.165, 1.54) is 19.3 Å². The van der Waals surface area contributed by atoms with E-state index in [2.05, 4.69) is 13.0 Å². The van der Waals surface area contributed by atoms with Crippen molar-refractivity contribution >= 4 is 5.70 Å². The van der Waals surface area contributed by atoms with Crippen molar-refractivity contribution in [1.82, 2.24) is 0 Å². The van der Waals surface area contributed by atoms with Gasteiger partial charge in [0.15, 0.2) is 0 Å². The molecule has 76 valence electrons. The Morgan fingerprint density at radius 2 is 1.93 bits per heavy atom. The highest BCUT2D eigenvalue weighted by molar-refractivity contribution is 5.62. The first-order chi connectivity index (χ1) is 6.84. The summed E-state index contributed by atoms with van der Waals surface area (Å²) in [5.74, 6) is 0. The van der Waals surface area contributed by atoms with Crippen LogP contribution in [0.3, 0.4) is 0 Å². The van der Waals surface area contributed by atoms with Crippen molar-refractivity contribution in [2.45, 2.75) is 32.6 Å². The predicted octanol–water partition coefficient (Wildman–Crippen LogP) is 3.57. The molecule has 0 aromatic heterocycles. The van der Waals surface area contributed by atoms with Crippen molar-refractivity contribution in [1.29, 1.82) is 0 Å². The average Bonchev–Trinajstić information content (AvgIpc) is 2.25. The maximum atomic E-state index is 5.94. The highest BCUT2D eigenvalue weighted by atomic mass is 14.6. The zero-order valence-electron chi connectivity index (χ0n) is 8.87. The van der Waals surface area contributed by atoms with E-state index < -0.39 is 0 Å². The monoisotopic (exact) mass is 189 g/mol. The fraction of sp³-hybridized carbons (Fsp3) is 0.385. The lowest BCUT2D eigenvalue weighted by molar-refractivity contribution is 0.729. The minimum atomic E-state index is 0.904. The standard InChI is InChI=1S/C13H19N/c1-2-3-4-8-11-13(14)12-9-6-5-7-10-12/h5-7,9-11H,2-4,8,14H2,1H3. The molecular weight excluding hydrogens is 170 g/mol. The molecule has 0 unspecified atom stereocenters. The van der Waals surface area contributed by atoms with Gasteiger partial charge in [0.2, 0.25) is 0 Å². The number of nitrogens with two attached hydrogens (primary N) is 1. The Hall–Kier alpha value is -1.24. The van der Waals surface area contributed by atoms with Gasteiger partial charge in [0.25, 0.3) is 0 Å². The first-order valence-electron chi connectivity index (χ1n) is 5.35. The molecule has 0 atom stereocenters. The van der Waals surface area contributed by atoms with E-state index in [-0.39, 0.29) is 0 Å². The number of hydrogen-bond acceptors (Lipinski definition) is 1. The first kappa shape index (κ1) is 10.8. The molecule has 0 bridgehead atoms. The molecule has 0 saturated heterocycles. The van der Waals surface area contributed by atoms with Crippen LogP contribution >= 0.6 is 0 Å². The smallest absolute Gasteiger partial charge is 0.0347 e. The van der Waals surface area contributed by atoms with Gasteiger partial charge in [0, 0.05) is 5.70 Å². The van der Waals surface area contributed by atoms with Crippen LogP contribution in [-0.4, -0.2) is 0 Å². The van der Waals surface area contributed by atoms with Crippen LogP contribution < -0.4 is 5.73 Å². The number of hydrogen-bond donors (Lipinski definition) is 1. The third-order valence-corrected chi connectivity index (χ3v) is 2.28. The molecule has 0 aliphatic rings. The number of unbranched alkanes of at least 4 members (excludes halogenated alkanes) is 3. The average molecular weight is 189 g/mol. The molecule has 0 spiro atoms. The molecule has 0 saturated carbocycles. The van der Waals surface area contributed by atoms with Gasteiger partial charge in [-0.1, -0.05) is 56.2 Å². The van der Waals surface area contributed by atoms with Gasteiger partial charge >= 0.3 is 0 Å². The van der Waals surface area contributed by atoms with E-state index in [0.29, 0.717) is 0 Å². The minimum absolute atomic E-state index is 0.904. The predicted molar refractivity (Wildman–Crippen MR) is 62.7 cm³/mol. The van der Waals surface area contributed by atoms with E-state index in [1.54, 1.807) is 0 Å². The summed E-state index contributed by atoms with van der Waals surface area (Å²) in [5.41, 5.74) is 7.97. The molecule has 0 fully saturated rings. The van der Waals surface area contributed by atoms with E-state index in [0.717, 1.165) is 17.7 Å². The normalized spacial score (nSPS) is 11.6. The van der Waals surface area contributed by atoms with Gasteiger partial charge in [-0.25, -0.2) is 0 Å². The molecule has 0 radical (unpaired) electrons. The lowest BCUT2D eigenvalue weighted by Crippen LogP contribution is -1.95. The van der Waals surface area contributed by atoms with Gasteiger partial charge in [-0.2, -0.15) is 0 Å². The van der Waals surface area contributed by atoms with Crippen LogP contribution in [-0.2, 0) is 0 Å². The molecular formula is C13H19N. The maximum absolute atomic E-state index is 5.94. The second-order valence-electron chi connectivity index (χ2n) is 3.52. The van der Waals surface area contributed by atoms with Crippen LogP contribution in [0.1, 0.15) is 38.2 Å². The van der Waals surface area contributed by atoms with E-state index in [1.807, 2.05) is 30.3 Å². The molecule has 1 aromatic carbocycles. The number of allylic oxidation sites excluding steroid dienone is 1. The molecule has 0 amide bonds. The molecule has 14 heavy (non-hydrogen) atoms.